The average Bonchev–Trinajstić information content (AvgIpc) is 2.25. The van der Waals surface area contributed by atoms with Crippen LogP contribution >= 0.6 is 0 Å². The van der Waals surface area contributed by atoms with Crippen molar-refractivity contribution < 1.29 is 14.4 Å². The zero-order chi connectivity index (χ0) is 13.1. The van der Waals surface area contributed by atoms with E-state index in [1.807, 2.05) is 0 Å². The highest BCUT2D eigenvalue weighted by molar-refractivity contribution is 7.48. The molecular formula is C11H18O3Si2. The largest absolute Gasteiger partial charge is 0.310 e. The molecule has 0 unspecified atom stereocenters. The van der Waals surface area contributed by atoms with E-state index in [1.54, 1.807) is 26.2 Å². The Morgan fingerprint density at radius 2 is 1.06 bits per heavy atom. The normalized spacial score (nSPS) is 11.8. The van der Waals surface area contributed by atoms with Crippen molar-refractivity contribution in [1.82, 2.24) is 0 Å². The SMILES string of the molecule is C=CC(=O)[Si](C)(C)C(=O)[Si](C)(C)C(=O)C=C. The van der Waals surface area contributed by atoms with Crippen LogP contribution in [0.3, 0.4) is 0 Å². The third-order valence-electron chi connectivity index (χ3n) is 2.74. The lowest BCUT2D eigenvalue weighted by molar-refractivity contribution is -0.109. The molecule has 0 spiro atoms. The van der Waals surface area contributed by atoms with Gasteiger partial charge in [-0.25, -0.2) is 0 Å². The summed E-state index contributed by atoms with van der Waals surface area (Å²) in [7, 11) is -5.45. The molecule has 5 heteroatoms. The van der Waals surface area contributed by atoms with Gasteiger partial charge in [0.1, 0.15) is 15.8 Å². The van der Waals surface area contributed by atoms with E-state index in [-0.39, 0.29) is 15.8 Å². The highest BCUT2D eigenvalue weighted by atomic mass is 28.4. The molecule has 0 amide bonds. The third-order valence-corrected chi connectivity index (χ3v) is 11.6. The molecule has 0 rings (SSSR count). The van der Waals surface area contributed by atoms with E-state index in [4.69, 9.17) is 0 Å². The van der Waals surface area contributed by atoms with E-state index >= 15 is 0 Å². The molecule has 0 aromatic rings. The summed E-state index contributed by atoms with van der Waals surface area (Å²) < 4.78 is 0. The summed E-state index contributed by atoms with van der Waals surface area (Å²) in [5.74, 6) is 0. The molecule has 0 fully saturated rings. The van der Waals surface area contributed by atoms with Gasteiger partial charge in [-0.2, -0.15) is 0 Å². The van der Waals surface area contributed by atoms with Crippen molar-refractivity contribution in [2.75, 3.05) is 0 Å². The number of rotatable bonds is 6. The summed E-state index contributed by atoms with van der Waals surface area (Å²) in [5.41, 5.74) is 0. The molecule has 0 saturated heterocycles. The molecule has 0 saturated carbocycles. The second-order valence-corrected chi connectivity index (χ2v) is 13.6. The van der Waals surface area contributed by atoms with Crippen molar-refractivity contribution in [3.05, 3.63) is 25.3 Å². The number of hydrogen-bond acceptors (Lipinski definition) is 3. The minimum absolute atomic E-state index is 0.144. The molecule has 0 atom stereocenters. The summed E-state index contributed by atoms with van der Waals surface area (Å²) in [5, 5.41) is -0.570. The quantitative estimate of drug-likeness (QED) is 0.540. The lowest BCUT2D eigenvalue weighted by atomic mass is 10.7. The molecule has 16 heavy (non-hydrogen) atoms. The summed E-state index contributed by atoms with van der Waals surface area (Å²) >= 11 is 0. The highest BCUT2D eigenvalue weighted by Gasteiger charge is 2.49. The standard InChI is InChI=1S/C11H18O3Si2/c1-7-9(12)15(3,4)11(14)16(5,6)10(13)8-2/h7-8H,1-2H2,3-6H3. The van der Waals surface area contributed by atoms with Crippen LogP contribution in [0.2, 0.25) is 26.2 Å². The van der Waals surface area contributed by atoms with Gasteiger partial charge in [0, 0.05) is 0 Å². The second kappa shape index (κ2) is 4.84. The number of carbonyl (C=O) groups is 3. The highest BCUT2D eigenvalue weighted by Crippen LogP contribution is 2.18. The van der Waals surface area contributed by atoms with E-state index in [9.17, 15) is 14.4 Å². The maximum atomic E-state index is 12.3. The van der Waals surface area contributed by atoms with Crippen LogP contribution in [0.4, 0.5) is 4.79 Å². The van der Waals surface area contributed by atoms with Crippen molar-refractivity contribution in [3.8, 4) is 0 Å². The fraction of sp³-hybridized carbons (Fsp3) is 0.364. The van der Waals surface area contributed by atoms with E-state index in [0.717, 1.165) is 0 Å². The fourth-order valence-corrected chi connectivity index (χ4v) is 9.97. The van der Waals surface area contributed by atoms with Crippen LogP contribution in [0.25, 0.3) is 0 Å². The van der Waals surface area contributed by atoms with Crippen LogP contribution in [0.1, 0.15) is 0 Å². The lowest BCUT2D eigenvalue weighted by Crippen LogP contribution is -2.60. The summed E-state index contributed by atoms with van der Waals surface area (Å²) in [6, 6.07) is 0. The molecule has 0 aliphatic rings. The van der Waals surface area contributed by atoms with E-state index < -0.39 is 16.1 Å². The Hall–Kier alpha value is -1.08. The van der Waals surface area contributed by atoms with Crippen LogP contribution < -0.4 is 0 Å². The minimum atomic E-state index is -2.73. The van der Waals surface area contributed by atoms with Crippen molar-refractivity contribution in [1.29, 1.82) is 0 Å². The maximum absolute atomic E-state index is 12.3. The van der Waals surface area contributed by atoms with Gasteiger partial charge in [0.15, 0.2) is 0 Å². The molecule has 0 N–H and O–H groups in total. The summed E-state index contributed by atoms with van der Waals surface area (Å²) in [6.07, 6.45) is 2.37. The Morgan fingerprint density at radius 1 is 0.812 bits per heavy atom. The molecule has 0 bridgehead atoms. The Morgan fingerprint density at radius 3 is 1.25 bits per heavy atom. The third kappa shape index (κ3) is 2.53. The molecule has 0 radical (unpaired) electrons. The van der Waals surface area contributed by atoms with Gasteiger partial charge in [-0.15, -0.1) is 0 Å². The molecule has 88 valence electrons. The first-order valence-corrected chi connectivity index (χ1v) is 11.0. The van der Waals surface area contributed by atoms with Gasteiger partial charge < -0.3 is 14.4 Å². The van der Waals surface area contributed by atoms with Crippen molar-refractivity contribution in [2.24, 2.45) is 0 Å². The Bertz CT molecular complexity index is 333. The predicted octanol–water partition coefficient (Wildman–Crippen LogP) is 2.28. The van der Waals surface area contributed by atoms with Gasteiger partial charge in [-0.05, 0) is 12.2 Å². The summed E-state index contributed by atoms with van der Waals surface area (Å²) in [4.78, 5) is 35.6. The monoisotopic (exact) mass is 254 g/mol. The van der Waals surface area contributed by atoms with Crippen LogP contribution in [0.5, 0.6) is 0 Å². The topological polar surface area (TPSA) is 51.2 Å². The lowest BCUT2D eigenvalue weighted by Gasteiger charge is -2.26. The number of carbonyl (C=O) groups excluding carboxylic acids is 3. The molecule has 0 heterocycles. The van der Waals surface area contributed by atoms with Crippen molar-refractivity contribution >= 4 is 32.0 Å². The zero-order valence-corrected chi connectivity index (χ0v) is 12.3. The van der Waals surface area contributed by atoms with Crippen LogP contribution in [0.15, 0.2) is 25.3 Å². The van der Waals surface area contributed by atoms with Crippen molar-refractivity contribution in [3.63, 3.8) is 0 Å². The van der Waals surface area contributed by atoms with Gasteiger partial charge in [0.05, 0.1) is 0 Å². The zero-order valence-electron chi connectivity index (χ0n) is 10.3. The minimum Gasteiger partial charge on any atom is -0.310 e. The maximum Gasteiger partial charge on any atom is 0.202 e. The van der Waals surface area contributed by atoms with E-state index in [0.29, 0.717) is 0 Å². The average molecular weight is 254 g/mol. The van der Waals surface area contributed by atoms with Gasteiger partial charge >= 0.3 is 0 Å². The van der Waals surface area contributed by atoms with Gasteiger partial charge in [-0.1, -0.05) is 39.3 Å². The number of hydrogen-bond donors (Lipinski definition) is 0. The Kier molecular flexibility index (Phi) is 4.51. The van der Waals surface area contributed by atoms with E-state index in [2.05, 4.69) is 13.2 Å². The Labute approximate surface area is 98.3 Å². The molecular weight excluding hydrogens is 236 g/mol. The molecule has 0 aliphatic carbocycles. The number of allylic oxidation sites excluding steroid dienone is 2. The van der Waals surface area contributed by atoms with Crippen LogP contribution in [-0.4, -0.2) is 32.0 Å². The molecule has 0 aromatic heterocycles. The van der Waals surface area contributed by atoms with E-state index in [1.165, 1.54) is 12.2 Å². The van der Waals surface area contributed by atoms with Crippen LogP contribution in [-0.2, 0) is 9.59 Å². The fourth-order valence-electron chi connectivity index (χ4n) is 1.52. The van der Waals surface area contributed by atoms with Gasteiger partial charge in [0.2, 0.25) is 16.1 Å². The van der Waals surface area contributed by atoms with Gasteiger partial charge in [-0.3, -0.25) is 0 Å². The smallest absolute Gasteiger partial charge is 0.202 e. The Balaban J connectivity index is 5.36. The second-order valence-electron chi connectivity index (χ2n) is 4.72. The first-order chi connectivity index (χ1) is 7.12. The molecule has 3 nitrogen and oxygen atoms in total. The van der Waals surface area contributed by atoms with Crippen molar-refractivity contribution in [2.45, 2.75) is 26.2 Å². The molecule has 0 aromatic carbocycles. The molecule has 0 aliphatic heterocycles. The van der Waals surface area contributed by atoms with Crippen LogP contribution in [0, 0.1) is 0 Å². The first kappa shape index (κ1) is 14.9. The van der Waals surface area contributed by atoms with Gasteiger partial charge in [0.25, 0.3) is 0 Å². The first-order valence-electron chi connectivity index (χ1n) is 5.01. The predicted molar refractivity (Wildman–Crippen MR) is 70.8 cm³/mol. The summed E-state index contributed by atoms with van der Waals surface area (Å²) in [6.45, 7) is 13.5.